The molecule has 8 rings (SSSR count). The van der Waals surface area contributed by atoms with Gasteiger partial charge in [0.25, 0.3) is 0 Å². The Bertz CT molecular complexity index is 2030. The van der Waals surface area contributed by atoms with Crippen molar-refractivity contribution < 1.29 is 4.42 Å². The van der Waals surface area contributed by atoms with E-state index in [0.29, 0.717) is 0 Å². The molecule has 0 N–H and O–H groups in total. The number of nitrogens with zero attached hydrogens (tertiary/aromatic N) is 1. The van der Waals surface area contributed by atoms with Crippen LogP contribution in [0, 0.1) is 0 Å². The second-order valence-electron chi connectivity index (χ2n) is 10.2. The van der Waals surface area contributed by atoms with Crippen LogP contribution in [0.3, 0.4) is 0 Å². The van der Waals surface area contributed by atoms with Gasteiger partial charge in [-0.1, -0.05) is 97.1 Å². The molecule has 0 amide bonds. The van der Waals surface area contributed by atoms with Crippen LogP contribution in [0.4, 0.5) is 17.1 Å². The summed E-state index contributed by atoms with van der Waals surface area (Å²) in [6.45, 7) is 0. The van der Waals surface area contributed by atoms with Gasteiger partial charge >= 0.3 is 0 Å². The zero-order valence-corrected chi connectivity index (χ0v) is 21.8. The first-order chi connectivity index (χ1) is 19.8. The van der Waals surface area contributed by atoms with Gasteiger partial charge in [0.05, 0.1) is 0 Å². The summed E-state index contributed by atoms with van der Waals surface area (Å²) in [5.41, 5.74) is 10.0. The van der Waals surface area contributed by atoms with Crippen LogP contribution in [0.5, 0.6) is 0 Å². The molecule has 0 saturated carbocycles. The molecule has 2 nitrogen and oxygen atoms in total. The third-order valence-electron chi connectivity index (χ3n) is 7.81. The predicted molar refractivity (Wildman–Crippen MR) is 168 cm³/mol. The molecule has 188 valence electrons. The number of para-hydroxylation sites is 2. The molecule has 0 saturated heterocycles. The third kappa shape index (κ3) is 3.73. The molecule has 7 aromatic carbocycles. The quantitative estimate of drug-likeness (QED) is 0.214. The van der Waals surface area contributed by atoms with Crippen LogP contribution in [0.25, 0.3) is 55.0 Å². The lowest BCUT2D eigenvalue weighted by molar-refractivity contribution is 0.669. The summed E-state index contributed by atoms with van der Waals surface area (Å²) in [5, 5.41) is 4.88. The van der Waals surface area contributed by atoms with Gasteiger partial charge in [-0.25, -0.2) is 0 Å². The van der Waals surface area contributed by atoms with Crippen molar-refractivity contribution >= 4 is 49.8 Å². The van der Waals surface area contributed by atoms with Crippen molar-refractivity contribution in [2.45, 2.75) is 0 Å². The molecular weight excluding hydrogens is 486 g/mol. The van der Waals surface area contributed by atoms with Crippen molar-refractivity contribution in [1.82, 2.24) is 0 Å². The summed E-state index contributed by atoms with van der Waals surface area (Å²) in [7, 11) is 0. The van der Waals surface area contributed by atoms with E-state index in [9.17, 15) is 0 Å². The molecule has 0 unspecified atom stereocenters. The van der Waals surface area contributed by atoms with Crippen molar-refractivity contribution in [3.05, 3.63) is 152 Å². The highest BCUT2D eigenvalue weighted by Gasteiger charge is 2.15. The molecule has 0 aliphatic heterocycles. The number of anilines is 3. The predicted octanol–water partition coefficient (Wildman–Crippen LogP) is 11.0. The monoisotopic (exact) mass is 511 g/mol. The van der Waals surface area contributed by atoms with Crippen LogP contribution in [0.2, 0.25) is 0 Å². The maximum atomic E-state index is 6.26. The summed E-state index contributed by atoms with van der Waals surface area (Å²) in [5.74, 6) is 0. The first-order valence-corrected chi connectivity index (χ1v) is 13.6. The van der Waals surface area contributed by atoms with Gasteiger partial charge in [0, 0.05) is 27.8 Å². The Morgan fingerprint density at radius 3 is 1.52 bits per heavy atom. The highest BCUT2D eigenvalue weighted by Crippen LogP contribution is 2.40. The molecule has 0 spiro atoms. The molecule has 0 atom stereocenters. The van der Waals surface area contributed by atoms with Crippen molar-refractivity contribution in [1.29, 1.82) is 0 Å². The number of benzene rings is 7. The van der Waals surface area contributed by atoms with Crippen LogP contribution >= 0.6 is 0 Å². The highest BCUT2D eigenvalue weighted by atomic mass is 16.3. The van der Waals surface area contributed by atoms with Crippen LogP contribution in [0.15, 0.2) is 156 Å². The first-order valence-electron chi connectivity index (χ1n) is 13.6. The molecule has 40 heavy (non-hydrogen) atoms. The number of hydrogen-bond donors (Lipinski definition) is 0. The molecule has 1 heterocycles. The molecule has 0 fully saturated rings. The Labute approximate surface area is 232 Å². The van der Waals surface area contributed by atoms with E-state index in [1.165, 1.54) is 38.2 Å². The van der Waals surface area contributed by atoms with Gasteiger partial charge in [0.2, 0.25) is 0 Å². The van der Waals surface area contributed by atoms with E-state index in [2.05, 4.69) is 157 Å². The molecule has 0 radical (unpaired) electrons. The minimum absolute atomic E-state index is 0.945. The zero-order chi connectivity index (χ0) is 26.5. The fourth-order valence-corrected chi connectivity index (χ4v) is 5.88. The molecule has 0 aliphatic rings. The van der Waals surface area contributed by atoms with E-state index in [1.807, 2.05) is 0 Å². The number of hydrogen-bond acceptors (Lipinski definition) is 2. The number of rotatable bonds is 5. The Balaban J connectivity index is 1.12. The average Bonchev–Trinajstić information content (AvgIpc) is 3.41. The van der Waals surface area contributed by atoms with Crippen molar-refractivity contribution in [2.24, 2.45) is 0 Å². The van der Waals surface area contributed by atoms with Gasteiger partial charge in [0.1, 0.15) is 11.2 Å². The minimum Gasteiger partial charge on any atom is -0.456 e. The molecule has 2 heteroatoms. The Morgan fingerprint density at radius 1 is 0.350 bits per heavy atom. The lowest BCUT2D eigenvalue weighted by atomic mass is 9.96. The Kier molecular flexibility index (Phi) is 5.17. The molecule has 1 aromatic heterocycles. The van der Waals surface area contributed by atoms with Gasteiger partial charge in [-0.2, -0.15) is 0 Å². The fraction of sp³-hybridized carbons (Fsp3) is 0. The number of furan rings is 1. The van der Waals surface area contributed by atoms with Crippen molar-refractivity contribution in [3.8, 4) is 22.3 Å². The Hall–Kier alpha value is -5.34. The average molecular weight is 512 g/mol. The summed E-state index contributed by atoms with van der Waals surface area (Å²) < 4.78 is 6.26. The first kappa shape index (κ1) is 22.6. The fourth-order valence-electron chi connectivity index (χ4n) is 5.88. The normalized spacial score (nSPS) is 11.5. The van der Waals surface area contributed by atoms with Crippen LogP contribution in [-0.2, 0) is 0 Å². The van der Waals surface area contributed by atoms with E-state index in [0.717, 1.165) is 33.8 Å². The molecule has 0 bridgehead atoms. The standard InChI is InChI=1S/C38H25NO/c1-3-9-32(10-4-1)39(33-11-5-2-6-12-33)34-22-20-27(21-23-34)26-14-16-28(17-15-26)31-24-30-19-18-29-8-7-13-35-37(29)38(30)36(25-31)40-35/h1-25H. The lowest BCUT2D eigenvalue weighted by Gasteiger charge is -2.25. The lowest BCUT2D eigenvalue weighted by Crippen LogP contribution is -2.09. The van der Waals surface area contributed by atoms with Gasteiger partial charge in [0.15, 0.2) is 0 Å². The zero-order valence-electron chi connectivity index (χ0n) is 21.8. The largest absolute Gasteiger partial charge is 0.456 e. The summed E-state index contributed by atoms with van der Waals surface area (Å²) in [6.07, 6.45) is 0. The minimum atomic E-state index is 0.945. The molecule has 0 aliphatic carbocycles. The van der Waals surface area contributed by atoms with E-state index in [1.54, 1.807) is 0 Å². The maximum Gasteiger partial charge on any atom is 0.136 e. The summed E-state index contributed by atoms with van der Waals surface area (Å²) >= 11 is 0. The van der Waals surface area contributed by atoms with Gasteiger partial charge in [-0.05, 0) is 87.6 Å². The van der Waals surface area contributed by atoms with E-state index >= 15 is 0 Å². The highest BCUT2D eigenvalue weighted by molar-refractivity contribution is 6.22. The third-order valence-corrected chi connectivity index (χ3v) is 7.81. The van der Waals surface area contributed by atoms with Crippen LogP contribution in [-0.4, -0.2) is 0 Å². The topological polar surface area (TPSA) is 16.4 Å². The van der Waals surface area contributed by atoms with E-state index < -0.39 is 0 Å². The molecular formula is C38H25NO. The van der Waals surface area contributed by atoms with Crippen LogP contribution < -0.4 is 4.90 Å². The summed E-state index contributed by atoms with van der Waals surface area (Å²) in [4.78, 5) is 2.28. The van der Waals surface area contributed by atoms with Crippen LogP contribution in [0.1, 0.15) is 0 Å². The Morgan fingerprint density at radius 2 is 0.875 bits per heavy atom. The van der Waals surface area contributed by atoms with E-state index in [4.69, 9.17) is 4.42 Å². The second-order valence-corrected chi connectivity index (χ2v) is 10.2. The second kappa shape index (κ2) is 9.14. The SMILES string of the molecule is c1ccc(N(c2ccccc2)c2ccc(-c3ccc(-c4cc5ccc6cccc7oc(c4)c5c67)cc3)cc2)cc1. The molecule has 8 aromatic rings. The van der Waals surface area contributed by atoms with E-state index in [-0.39, 0.29) is 0 Å². The maximum absolute atomic E-state index is 6.26. The van der Waals surface area contributed by atoms with Gasteiger partial charge < -0.3 is 9.32 Å². The summed E-state index contributed by atoms with van der Waals surface area (Å²) in [6, 6.07) is 53.7. The van der Waals surface area contributed by atoms with Crippen molar-refractivity contribution in [2.75, 3.05) is 4.90 Å². The smallest absolute Gasteiger partial charge is 0.136 e. The van der Waals surface area contributed by atoms with Gasteiger partial charge in [-0.3, -0.25) is 0 Å². The van der Waals surface area contributed by atoms with Gasteiger partial charge in [-0.15, -0.1) is 0 Å². The van der Waals surface area contributed by atoms with Crippen molar-refractivity contribution in [3.63, 3.8) is 0 Å².